The molecule has 0 aliphatic carbocycles. The molecule has 1 aromatic carbocycles. The molecule has 0 spiro atoms. The number of thiophene rings is 1. The minimum atomic E-state index is -0.119. The van der Waals surface area contributed by atoms with Crippen molar-refractivity contribution in [3.8, 4) is 5.75 Å². The number of nitrogens with zero attached hydrogens (tertiary/aromatic N) is 1. The van der Waals surface area contributed by atoms with Crippen LogP contribution in [0.25, 0.3) is 10.2 Å². The fraction of sp³-hybridized carbons (Fsp3) is 0.200. The van der Waals surface area contributed by atoms with E-state index >= 15 is 0 Å². The van der Waals surface area contributed by atoms with Crippen molar-refractivity contribution in [2.45, 2.75) is 20.5 Å². The van der Waals surface area contributed by atoms with Gasteiger partial charge >= 0.3 is 0 Å². The van der Waals surface area contributed by atoms with Crippen LogP contribution in [0.2, 0.25) is 5.02 Å². The van der Waals surface area contributed by atoms with Gasteiger partial charge in [0.15, 0.2) is 0 Å². The SMILES string of the molecule is Cc1sc2nc(COc3cccc(Cl)c3)[nH]c(=O)c2c1C. The van der Waals surface area contributed by atoms with E-state index < -0.39 is 0 Å². The van der Waals surface area contributed by atoms with E-state index in [2.05, 4.69) is 9.97 Å². The minimum absolute atomic E-state index is 0.119. The molecule has 0 unspecified atom stereocenters. The fourth-order valence-corrected chi connectivity index (χ4v) is 3.31. The maximum Gasteiger partial charge on any atom is 0.260 e. The Morgan fingerprint density at radius 1 is 1.38 bits per heavy atom. The lowest BCUT2D eigenvalue weighted by Gasteiger charge is -2.05. The Balaban J connectivity index is 1.90. The van der Waals surface area contributed by atoms with E-state index in [9.17, 15) is 4.79 Å². The highest BCUT2D eigenvalue weighted by molar-refractivity contribution is 7.18. The third-order valence-electron chi connectivity index (χ3n) is 3.26. The van der Waals surface area contributed by atoms with E-state index in [1.54, 1.807) is 12.1 Å². The Morgan fingerprint density at radius 2 is 2.19 bits per heavy atom. The summed E-state index contributed by atoms with van der Waals surface area (Å²) in [5, 5.41) is 1.28. The standard InChI is InChI=1S/C15H13ClN2O2S/c1-8-9(2)21-15-13(8)14(19)17-12(18-15)7-20-11-5-3-4-10(16)6-11/h3-6H,7H2,1-2H3,(H,17,18,19). The first kappa shape index (κ1) is 14.1. The molecule has 0 aliphatic heterocycles. The zero-order chi connectivity index (χ0) is 15.0. The average molecular weight is 321 g/mol. The normalized spacial score (nSPS) is 11.0. The third kappa shape index (κ3) is 2.80. The first-order valence-electron chi connectivity index (χ1n) is 6.42. The number of aryl methyl sites for hydroxylation is 2. The highest BCUT2D eigenvalue weighted by Crippen LogP contribution is 2.26. The van der Waals surface area contributed by atoms with Crippen LogP contribution in [0.5, 0.6) is 5.75 Å². The molecule has 0 aliphatic rings. The molecule has 6 heteroatoms. The fourth-order valence-electron chi connectivity index (χ4n) is 2.08. The van der Waals surface area contributed by atoms with E-state index in [0.717, 1.165) is 15.3 Å². The van der Waals surface area contributed by atoms with Crippen molar-refractivity contribution in [1.29, 1.82) is 0 Å². The van der Waals surface area contributed by atoms with Gasteiger partial charge in [-0.2, -0.15) is 0 Å². The predicted octanol–water partition coefficient (Wildman–Crippen LogP) is 3.83. The maximum absolute atomic E-state index is 12.1. The number of benzene rings is 1. The molecule has 2 aromatic heterocycles. The van der Waals surface area contributed by atoms with Gasteiger partial charge in [-0.3, -0.25) is 4.79 Å². The summed E-state index contributed by atoms with van der Waals surface area (Å²) in [7, 11) is 0. The number of hydrogen-bond acceptors (Lipinski definition) is 4. The molecule has 4 nitrogen and oxygen atoms in total. The Bertz CT molecular complexity index is 870. The topological polar surface area (TPSA) is 55.0 Å². The predicted molar refractivity (Wildman–Crippen MR) is 85.5 cm³/mol. The monoisotopic (exact) mass is 320 g/mol. The zero-order valence-electron chi connectivity index (χ0n) is 11.6. The first-order chi connectivity index (χ1) is 10.0. The van der Waals surface area contributed by atoms with Crippen LogP contribution in [0.1, 0.15) is 16.3 Å². The largest absolute Gasteiger partial charge is 0.486 e. The van der Waals surface area contributed by atoms with Crippen LogP contribution < -0.4 is 10.3 Å². The highest BCUT2D eigenvalue weighted by atomic mass is 35.5. The van der Waals surface area contributed by atoms with Gasteiger partial charge in [0.2, 0.25) is 0 Å². The molecule has 0 amide bonds. The summed E-state index contributed by atoms with van der Waals surface area (Å²) in [5.74, 6) is 1.15. The van der Waals surface area contributed by atoms with Crippen LogP contribution in [0.4, 0.5) is 0 Å². The average Bonchev–Trinajstić information content (AvgIpc) is 2.72. The van der Waals surface area contributed by atoms with Crippen molar-refractivity contribution < 1.29 is 4.74 Å². The summed E-state index contributed by atoms with van der Waals surface area (Å²) in [5.41, 5.74) is 0.873. The molecule has 21 heavy (non-hydrogen) atoms. The Hall–Kier alpha value is -1.85. The van der Waals surface area contributed by atoms with Gasteiger partial charge in [-0.1, -0.05) is 17.7 Å². The van der Waals surface area contributed by atoms with Crippen molar-refractivity contribution in [3.05, 3.63) is 55.9 Å². The van der Waals surface area contributed by atoms with Gasteiger partial charge in [0.05, 0.1) is 5.39 Å². The summed E-state index contributed by atoms with van der Waals surface area (Å²) in [6, 6.07) is 7.11. The first-order valence-corrected chi connectivity index (χ1v) is 7.61. The van der Waals surface area contributed by atoms with Crippen LogP contribution in [0.3, 0.4) is 0 Å². The molecule has 0 bridgehead atoms. The van der Waals surface area contributed by atoms with Gasteiger partial charge in [0.1, 0.15) is 23.0 Å². The third-order valence-corrected chi connectivity index (χ3v) is 4.60. The number of fused-ring (bicyclic) bond motifs is 1. The second-order valence-electron chi connectivity index (χ2n) is 4.72. The lowest BCUT2D eigenvalue weighted by Crippen LogP contribution is -2.13. The van der Waals surface area contributed by atoms with Crippen molar-refractivity contribution in [1.82, 2.24) is 9.97 Å². The van der Waals surface area contributed by atoms with Crippen LogP contribution in [-0.4, -0.2) is 9.97 Å². The molecule has 0 saturated carbocycles. The summed E-state index contributed by atoms with van der Waals surface area (Å²) in [6.45, 7) is 4.12. The molecule has 0 saturated heterocycles. The summed E-state index contributed by atoms with van der Waals surface area (Å²) in [6.07, 6.45) is 0. The van der Waals surface area contributed by atoms with E-state index in [4.69, 9.17) is 16.3 Å². The second-order valence-corrected chi connectivity index (χ2v) is 6.36. The van der Waals surface area contributed by atoms with Crippen molar-refractivity contribution in [2.75, 3.05) is 0 Å². The molecule has 0 fully saturated rings. The lowest BCUT2D eigenvalue weighted by molar-refractivity contribution is 0.296. The highest BCUT2D eigenvalue weighted by Gasteiger charge is 2.12. The number of nitrogens with one attached hydrogen (secondary N) is 1. The molecule has 3 rings (SSSR count). The number of hydrogen-bond donors (Lipinski definition) is 1. The Morgan fingerprint density at radius 3 is 2.95 bits per heavy atom. The Kier molecular flexibility index (Phi) is 3.69. The van der Waals surface area contributed by atoms with E-state index in [-0.39, 0.29) is 12.2 Å². The van der Waals surface area contributed by atoms with Crippen LogP contribution in [0, 0.1) is 13.8 Å². The summed E-state index contributed by atoms with van der Waals surface area (Å²) < 4.78 is 5.60. The lowest BCUT2D eigenvalue weighted by atomic mass is 10.2. The summed E-state index contributed by atoms with van der Waals surface area (Å²) >= 11 is 7.42. The smallest absolute Gasteiger partial charge is 0.260 e. The van der Waals surface area contributed by atoms with Crippen molar-refractivity contribution in [2.24, 2.45) is 0 Å². The number of H-pyrrole nitrogens is 1. The second kappa shape index (κ2) is 5.50. The summed E-state index contributed by atoms with van der Waals surface area (Å²) in [4.78, 5) is 21.2. The molecule has 3 aromatic rings. The molecule has 0 atom stereocenters. The van der Waals surface area contributed by atoms with Crippen molar-refractivity contribution >= 4 is 33.2 Å². The van der Waals surface area contributed by atoms with Crippen LogP contribution in [0.15, 0.2) is 29.1 Å². The van der Waals surface area contributed by atoms with Gasteiger partial charge in [-0.05, 0) is 37.6 Å². The molecule has 1 N–H and O–H groups in total. The Labute approximate surface area is 130 Å². The number of halogens is 1. The zero-order valence-corrected chi connectivity index (χ0v) is 13.1. The minimum Gasteiger partial charge on any atom is -0.486 e. The molecule has 0 radical (unpaired) electrons. The number of ether oxygens (including phenoxy) is 1. The van der Waals surface area contributed by atoms with E-state index in [1.165, 1.54) is 11.3 Å². The maximum atomic E-state index is 12.1. The molecular weight excluding hydrogens is 308 g/mol. The van der Waals surface area contributed by atoms with Gasteiger partial charge in [-0.25, -0.2) is 4.98 Å². The van der Waals surface area contributed by atoms with Crippen LogP contribution >= 0.6 is 22.9 Å². The molecule has 2 heterocycles. The number of rotatable bonds is 3. The van der Waals surface area contributed by atoms with Gasteiger partial charge in [0, 0.05) is 9.90 Å². The van der Waals surface area contributed by atoms with Gasteiger partial charge in [0.25, 0.3) is 5.56 Å². The number of aromatic amines is 1. The van der Waals surface area contributed by atoms with E-state index in [1.807, 2.05) is 26.0 Å². The molecular formula is C15H13ClN2O2S. The van der Waals surface area contributed by atoms with Gasteiger partial charge in [-0.15, -0.1) is 11.3 Å². The van der Waals surface area contributed by atoms with E-state index in [0.29, 0.717) is 22.0 Å². The van der Waals surface area contributed by atoms with Gasteiger partial charge < -0.3 is 9.72 Å². The molecule has 108 valence electrons. The number of aromatic nitrogens is 2. The van der Waals surface area contributed by atoms with Crippen molar-refractivity contribution in [3.63, 3.8) is 0 Å². The quantitative estimate of drug-likeness (QED) is 0.798. The van der Waals surface area contributed by atoms with Crippen LogP contribution in [-0.2, 0) is 6.61 Å².